The third-order valence-electron chi connectivity index (χ3n) is 14.4. The maximum atomic E-state index is 14.8. The molecule has 9 heteroatoms. The van der Waals surface area contributed by atoms with Crippen molar-refractivity contribution in [2.24, 2.45) is 62.4 Å². The molecule has 0 aromatic heterocycles. The van der Waals surface area contributed by atoms with Crippen LogP contribution in [0.4, 0.5) is 0 Å². The molecule has 3 saturated carbocycles. The molecule has 260 valence electrons. The third-order valence-corrected chi connectivity index (χ3v) is 14.4. The lowest BCUT2D eigenvalue weighted by molar-refractivity contribution is -0.265. The van der Waals surface area contributed by atoms with Gasteiger partial charge in [-0.2, -0.15) is 0 Å². The largest absolute Gasteiger partial charge is 0.481 e. The molecule has 0 spiro atoms. The molecule has 1 aliphatic heterocycles. The summed E-state index contributed by atoms with van der Waals surface area (Å²) in [4.78, 5) is 40.6. The molecule has 1 unspecified atom stereocenters. The number of carbonyl (C=O) groups excluding carboxylic acids is 2. The van der Waals surface area contributed by atoms with E-state index in [9.17, 15) is 19.5 Å². The van der Waals surface area contributed by atoms with E-state index >= 15 is 0 Å². The predicted octanol–water partition coefficient (Wildman–Crippen LogP) is 5.01. The topological polar surface area (TPSA) is 137 Å². The summed E-state index contributed by atoms with van der Waals surface area (Å²) in [7, 11) is 0. The second-order valence-corrected chi connectivity index (χ2v) is 16.8. The Bertz CT molecular complexity index is 1240. The van der Waals surface area contributed by atoms with Crippen LogP contribution in [0.1, 0.15) is 93.9 Å². The number of hydrogen-bond donors (Lipinski definition) is 3. The number of carboxylic acid groups (broad SMARTS) is 1. The number of aliphatic carboxylic acids is 1. The monoisotopic (exact) mass is 644 g/mol. The van der Waals surface area contributed by atoms with Gasteiger partial charge in [0, 0.05) is 29.7 Å². The summed E-state index contributed by atoms with van der Waals surface area (Å²) in [6.45, 7) is 20.0. The first kappa shape index (κ1) is 35.5. The van der Waals surface area contributed by atoms with Gasteiger partial charge in [-0.15, -0.1) is 0 Å². The van der Waals surface area contributed by atoms with Crippen LogP contribution in [-0.4, -0.2) is 74.5 Å². The highest BCUT2D eigenvalue weighted by Crippen LogP contribution is 2.74. The van der Waals surface area contributed by atoms with Crippen molar-refractivity contribution >= 4 is 17.7 Å². The zero-order valence-corrected chi connectivity index (χ0v) is 29.6. The number of allylic oxidation sites excluding steroid dienone is 1. The number of carbonyl (C=O) groups is 3. The molecule has 4 N–H and O–H groups in total. The molecular weight excluding hydrogens is 584 g/mol. The van der Waals surface area contributed by atoms with E-state index in [1.54, 1.807) is 0 Å². The fourth-order valence-corrected chi connectivity index (χ4v) is 11.6. The molecule has 5 rings (SSSR count). The first-order valence-corrected chi connectivity index (χ1v) is 17.8. The Kier molecular flexibility index (Phi) is 9.70. The van der Waals surface area contributed by atoms with Crippen LogP contribution in [-0.2, 0) is 28.6 Å². The minimum Gasteiger partial charge on any atom is -0.481 e. The van der Waals surface area contributed by atoms with Crippen LogP contribution in [0.15, 0.2) is 11.6 Å². The molecule has 2 bridgehead atoms. The predicted molar refractivity (Wildman–Crippen MR) is 176 cm³/mol. The molecule has 0 aromatic rings. The Morgan fingerprint density at radius 1 is 1.11 bits per heavy atom. The van der Waals surface area contributed by atoms with E-state index in [4.69, 9.17) is 19.9 Å². The molecule has 0 radical (unpaired) electrons. The average Bonchev–Trinajstić information content (AvgIpc) is 2.97. The molecule has 4 aliphatic carbocycles. The third kappa shape index (κ3) is 5.12. The van der Waals surface area contributed by atoms with E-state index in [1.165, 1.54) is 6.92 Å². The zero-order valence-electron chi connectivity index (χ0n) is 29.6. The van der Waals surface area contributed by atoms with Crippen molar-refractivity contribution in [3.63, 3.8) is 0 Å². The molecule has 0 amide bonds. The summed E-state index contributed by atoms with van der Waals surface area (Å²) >= 11 is 0. The van der Waals surface area contributed by atoms with E-state index in [2.05, 4.69) is 46.9 Å². The van der Waals surface area contributed by atoms with E-state index in [1.807, 2.05) is 13.0 Å². The number of carboxylic acids is 1. The van der Waals surface area contributed by atoms with Gasteiger partial charge in [-0.1, -0.05) is 54.0 Å². The summed E-state index contributed by atoms with van der Waals surface area (Å²) in [5.41, 5.74) is 3.75. The van der Waals surface area contributed by atoms with Gasteiger partial charge < -0.3 is 30.4 Å². The summed E-state index contributed by atoms with van der Waals surface area (Å²) in [6, 6.07) is 0. The maximum absolute atomic E-state index is 14.8. The van der Waals surface area contributed by atoms with Crippen LogP contribution in [0.2, 0.25) is 0 Å². The van der Waals surface area contributed by atoms with Crippen molar-refractivity contribution in [3.8, 4) is 0 Å². The van der Waals surface area contributed by atoms with Crippen molar-refractivity contribution in [2.45, 2.75) is 106 Å². The van der Waals surface area contributed by atoms with Crippen LogP contribution in [0.3, 0.4) is 0 Å². The zero-order chi connectivity index (χ0) is 33.9. The van der Waals surface area contributed by atoms with Crippen LogP contribution < -0.4 is 11.1 Å². The summed E-state index contributed by atoms with van der Waals surface area (Å²) < 4.78 is 19.1. The first-order chi connectivity index (χ1) is 21.5. The van der Waals surface area contributed by atoms with Gasteiger partial charge in [-0.25, -0.2) is 0 Å². The van der Waals surface area contributed by atoms with Crippen LogP contribution in [0.25, 0.3) is 0 Å². The molecular formula is C37H60N2O7. The molecule has 11 atom stereocenters. The van der Waals surface area contributed by atoms with Gasteiger partial charge in [-0.05, 0) is 92.2 Å². The summed E-state index contributed by atoms with van der Waals surface area (Å²) in [5, 5.41) is 14.3. The molecule has 1 saturated heterocycles. The van der Waals surface area contributed by atoms with Gasteiger partial charge in [0.1, 0.15) is 12.2 Å². The smallest absolute Gasteiger partial charge is 0.308 e. The Hall–Kier alpha value is -1.81. The van der Waals surface area contributed by atoms with Crippen molar-refractivity contribution in [2.75, 3.05) is 39.5 Å². The highest BCUT2D eigenvalue weighted by atomic mass is 16.6. The van der Waals surface area contributed by atoms with E-state index in [-0.39, 0.29) is 35.6 Å². The second kappa shape index (κ2) is 12.6. The van der Waals surface area contributed by atoms with E-state index < -0.39 is 45.1 Å². The lowest BCUT2D eigenvalue weighted by atomic mass is 9.34. The minimum atomic E-state index is -1.04. The Labute approximate surface area is 276 Å². The molecule has 4 fully saturated rings. The quantitative estimate of drug-likeness (QED) is 0.209. The van der Waals surface area contributed by atoms with Crippen LogP contribution >= 0.6 is 0 Å². The molecule has 9 nitrogen and oxygen atoms in total. The molecule has 1 heterocycles. The van der Waals surface area contributed by atoms with Gasteiger partial charge in [0.15, 0.2) is 5.78 Å². The number of rotatable bonds is 11. The fourth-order valence-electron chi connectivity index (χ4n) is 11.6. The van der Waals surface area contributed by atoms with Crippen LogP contribution in [0.5, 0.6) is 0 Å². The fraction of sp³-hybridized carbons (Fsp3) is 0.865. The van der Waals surface area contributed by atoms with Crippen molar-refractivity contribution in [3.05, 3.63) is 11.6 Å². The number of esters is 1. The summed E-state index contributed by atoms with van der Waals surface area (Å²) in [6.07, 6.45) is 5.84. The van der Waals surface area contributed by atoms with Gasteiger partial charge in [0.25, 0.3) is 0 Å². The first-order valence-electron chi connectivity index (χ1n) is 17.8. The molecule has 0 aromatic carbocycles. The Morgan fingerprint density at radius 3 is 2.46 bits per heavy atom. The van der Waals surface area contributed by atoms with E-state index in [0.717, 1.165) is 44.2 Å². The minimum absolute atomic E-state index is 0.0420. The molecule has 5 aliphatic rings. The lowest BCUT2D eigenvalue weighted by Crippen LogP contribution is -2.71. The number of hydrogen-bond acceptors (Lipinski definition) is 8. The highest BCUT2D eigenvalue weighted by molar-refractivity contribution is 6.00. The van der Waals surface area contributed by atoms with Crippen molar-refractivity contribution in [1.29, 1.82) is 0 Å². The van der Waals surface area contributed by atoms with Crippen molar-refractivity contribution in [1.82, 2.24) is 5.32 Å². The Balaban J connectivity index is 1.55. The standard InChI is InChI=1S/C37H60N2O7/c1-22(2)23(3)33(5)12-13-35(7)25-10-11-28-34(6)20-44-21-37(28,26(25)18-29(41)36(35,8)30(33)32(42)43)19-27(46-24(4)40)31(34)45-17-16-39-15-9-14-38/h18,22-23,25,27-28,30-31,39H,9-17,19-21,38H2,1-8H3,(H,42,43)/t23-,25+,27-,28+,30-,31?,33-,34+,35-,36+,37+/m1/s1. The lowest BCUT2D eigenvalue weighted by Gasteiger charge is -2.70. The Morgan fingerprint density at radius 2 is 1.83 bits per heavy atom. The number of nitrogens with two attached hydrogens (primary N) is 1. The maximum Gasteiger partial charge on any atom is 0.308 e. The molecule has 46 heavy (non-hydrogen) atoms. The van der Waals surface area contributed by atoms with Gasteiger partial charge in [0.2, 0.25) is 0 Å². The highest BCUT2D eigenvalue weighted by Gasteiger charge is 2.74. The van der Waals surface area contributed by atoms with E-state index in [0.29, 0.717) is 45.2 Å². The second-order valence-electron chi connectivity index (χ2n) is 16.8. The van der Waals surface area contributed by atoms with Gasteiger partial charge in [0.05, 0.1) is 25.7 Å². The number of nitrogens with one attached hydrogen (secondary N) is 1. The summed E-state index contributed by atoms with van der Waals surface area (Å²) in [5.74, 6) is -1.39. The van der Waals surface area contributed by atoms with Crippen molar-refractivity contribution < 1.29 is 33.7 Å². The van der Waals surface area contributed by atoms with Gasteiger partial charge >= 0.3 is 11.9 Å². The number of ketones is 1. The average molecular weight is 645 g/mol. The SMILES string of the molecule is CC(=O)O[C@@H]1C[C@@]23COC[C@](C)(C1OCCNCCCN)[C@@H]2CC[C@H]1C3=CC(=O)[C@@]2(C)[C@H](C(=O)O)[C@@](C)([C@H](C)C(C)C)CC[C@]12C. The normalized spacial score (nSPS) is 44.0. The number of fused-ring (bicyclic) bond motifs is 3. The van der Waals surface area contributed by atoms with Crippen LogP contribution in [0, 0.1) is 56.7 Å². The van der Waals surface area contributed by atoms with Gasteiger partial charge in [-0.3, -0.25) is 14.4 Å². The number of ether oxygens (including phenoxy) is 3.